The topological polar surface area (TPSA) is 49.8 Å². The number of rotatable bonds is 5. The van der Waals surface area contributed by atoms with E-state index in [0.29, 0.717) is 16.9 Å². The summed E-state index contributed by atoms with van der Waals surface area (Å²) in [6.07, 6.45) is 0. The fourth-order valence-electron chi connectivity index (χ4n) is 4.10. The molecule has 1 heterocycles. The Kier molecular flexibility index (Phi) is 5.27. The van der Waals surface area contributed by atoms with Crippen LogP contribution in [0.2, 0.25) is 0 Å². The summed E-state index contributed by atoms with van der Waals surface area (Å²) in [7, 11) is 1.53. The summed E-state index contributed by atoms with van der Waals surface area (Å²) in [4.78, 5) is 13.8. The number of likely N-dealkylation sites (tertiary alicyclic amines) is 1. The number of ether oxygens (including phenoxy) is 1. The zero-order chi connectivity index (χ0) is 22.2. The maximum Gasteiger partial charge on any atom is 0.354 e. The molecule has 2 atom stereocenters. The Morgan fingerprint density at radius 3 is 2.26 bits per heavy atom. The lowest BCUT2D eigenvalue weighted by Gasteiger charge is -2.32. The summed E-state index contributed by atoms with van der Waals surface area (Å²) in [5, 5.41) is 10.9. The summed E-state index contributed by atoms with van der Waals surface area (Å²) in [5.74, 6) is -4.67. The third kappa shape index (κ3) is 3.57. The van der Waals surface area contributed by atoms with E-state index in [9.17, 15) is 18.7 Å². The number of benzene rings is 3. The van der Waals surface area contributed by atoms with E-state index in [-0.39, 0.29) is 6.54 Å². The van der Waals surface area contributed by atoms with Crippen LogP contribution < -0.4 is 4.74 Å². The van der Waals surface area contributed by atoms with Crippen LogP contribution in [0.25, 0.3) is 11.1 Å². The van der Waals surface area contributed by atoms with Crippen molar-refractivity contribution in [3.05, 3.63) is 90.0 Å². The standard InChI is InChI=1S/C25H23F2NO3/c1-24(30)22(20-10-6-9-19(15-20)18-7-4-3-5-8-18)28(23(29)25(24,26)27)16-17-11-13-21(31-2)14-12-17/h3-15,22,30H,16H2,1-2H3. The molecular formula is C25H23F2NO3. The average Bonchev–Trinajstić information content (AvgIpc) is 2.91. The van der Waals surface area contributed by atoms with Crippen LogP contribution >= 0.6 is 0 Å². The summed E-state index contributed by atoms with van der Waals surface area (Å²) >= 11 is 0. The number of alkyl halides is 2. The molecule has 0 aromatic heterocycles. The highest BCUT2D eigenvalue weighted by atomic mass is 19.3. The molecule has 1 aliphatic heterocycles. The van der Waals surface area contributed by atoms with Crippen molar-refractivity contribution in [2.75, 3.05) is 7.11 Å². The van der Waals surface area contributed by atoms with Gasteiger partial charge in [0.15, 0.2) is 5.60 Å². The molecule has 0 spiro atoms. The average molecular weight is 423 g/mol. The Morgan fingerprint density at radius 2 is 1.61 bits per heavy atom. The van der Waals surface area contributed by atoms with Crippen LogP contribution in [0.3, 0.4) is 0 Å². The highest BCUT2D eigenvalue weighted by Crippen LogP contribution is 2.50. The molecule has 4 nitrogen and oxygen atoms in total. The zero-order valence-electron chi connectivity index (χ0n) is 17.3. The molecule has 31 heavy (non-hydrogen) atoms. The minimum atomic E-state index is -3.91. The van der Waals surface area contributed by atoms with E-state index >= 15 is 0 Å². The molecule has 1 aliphatic rings. The number of methoxy groups -OCH3 is 1. The second-order valence-electron chi connectivity index (χ2n) is 7.90. The van der Waals surface area contributed by atoms with Gasteiger partial charge in [-0.05, 0) is 47.4 Å². The highest BCUT2D eigenvalue weighted by molar-refractivity contribution is 5.89. The minimum Gasteiger partial charge on any atom is -0.497 e. The van der Waals surface area contributed by atoms with Crippen LogP contribution in [0.5, 0.6) is 5.75 Å². The minimum absolute atomic E-state index is 0.0607. The van der Waals surface area contributed by atoms with Crippen LogP contribution in [-0.4, -0.2) is 34.5 Å². The number of halogens is 2. The molecule has 4 rings (SSSR count). The summed E-state index contributed by atoms with van der Waals surface area (Å²) in [5.41, 5.74) is 0.284. The Morgan fingerprint density at radius 1 is 0.968 bits per heavy atom. The van der Waals surface area contributed by atoms with E-state index in [2.05, 4.69) is 0 Å². The lowest BCUT2D eigenvalue weighted by molar-refractivity contribution is -0.172. The Bertz CT molecular complexity index is 1080. The molecule has 1 saturated heterocycles. The molecule has 6 heteroatoms. The van der Waals surface area contributed by atoms with Gasteiger partial charge in [0.1, 0.15) is 5.75 Å². The van der Waals surface area contributed by atoms with Crippen LogP contribution in [0, 0.1) is 0 Å². The predicted octanol–water partition coefficient (Wildman–Crippen LogP) is 4.83. The third-order valence-corrected chi connectivity index (χ3v) is 5.83. The van der Waals surface area contributed by atoms with Crippen LogP contribution in [-0.2, 0) is 11.3 Å². The number of aliphatic hydroxyl groups is 1. The van der Waals surface area contributed by atoms with Crippen molar-refractivity contribution in [1.82, 2.24) is 4.90 Å². The molecule has 2 unspecified atom stereocenters. The molecule has 1 fully saturated rings. The number of hydrogen-bond acceptors (Lipinski definition) is 3. The molecule has 1 N–H and O–H groups in total. The molecule has 160 valence electrons. The summed E-state index contributed by atoms with van der Waals surface area (Å²) < 4.78 is 34.9. The molecule has 1 amide bonds. The van der Waals surface area contributed by atoms with Gasteiger partial charge in [-0.3, -0.25) is 4.79 Å². The Hall–Kier alpha value is -3.25. The third-order valence-electron chi connectivity index (χ3n) is 5.83. The second-order valence-corrected chi connectivity index (χ2v) is 7.90. The summed E-state index contributed by atoms with van der Waals surface area (Å²) in [6.45, 7) is 0.966. The first kappa shape index (κ1) is 21.0. The number of amides is 1. The van der Waals surface area contributed by atoms with Gasteiger partial charge < -0.3 is 14.7 Å². The second kappa shape index (κ2) is 7.78. The van der Waals surface area contributed by atoms with Crippen molar-refractivity contribution in [1.29, 1.82) is 0 Å². The monoisotopic (exact) mass is 423 g/mol. The lowest BCUT2D eigenvalue weighted by atomic mass is 9.87. The van der Waals surface area contributed by atoms with E-state index in [1.165, 1.54) is 7.11 Å². The molecule has 3 aromatic carbocycles. The van der Waals surface area contributed by atoms with Gasteiger partial charge >= 0.3 is 5.92 Å². The fraction of sp³-hybridized carbons (Fsp3) is 0.240. The highest BCUT2D eigenvalue weighted by Gasteiger charge is 2.69. The van der Waals surface area contributed by atoms with E-state index in [0.717, 1.165) is 23.0 Å². The SMILES string of the molecule is COc1ccc(CN2C(=O)C(F)(F)C(C)(O)C2c2cccc(-c3ccccc3)c2)cc1. The van der Waals surface area contributed by atoms with Gasteiger partial charge in [-0.2, -0.15) is 8.78 Å². The number of nitrogens with zero attached hydrogens (tertiary/aromatic N) is 1. The van der Waals surface area contributed by atoms with E-state index in [4.69, 9.17) is 4.74 Å². The van der Waals surface area contributed by atoms with Crippen LogP contribution in [0.1, 0.15) is 24.1 Å². The largest absolute Gasteiger partial charge is 0.497 e. The van der Waals surface area contributed by atoms with Crippen LogP contribution in [0.4, 0.5) is 8.78 Å². The molecule has 0 aliphatic carbocycles. The van der Waals surface area contributed by atoms with Crippen molar-refractivity contribution in [3.8, 4) is 16.9 Å². The maximum absolute atomic E-state index is 14.9. The first-order valence-electron chi connectivity index (χ1n) is 9.95. The molecule has 0 saturated carbocycles. The molecule has 0 radical (unpaired) electrons. The van der Waals surface area contributed by atoms with Gasteiger partial charge in [-0.15, -0.1) is 0 Å². The first-order chi connectivity index (χ1) is 14.8. The van der Waals surface area contributed by atoms with Crippen molar-refractivity contribution >= 4 is 5.91 Å². The van der Waals surface area contributed by atoms with E-state index in [1.54, 1.807) is 42.5 Å². The van der Waals surface area contributed by atoms with Crippen molar-refractivity contribution in [2.45, 2.75) is 31.0 Å². The normalized spacial score (nSPS) is 22.5. The molecule has 3 aromatic rings. The molecule has 0 bridgehead atoms. The number of carbonyl (C=O) groups is 1. The quantitative estimate of drug-likeness (QED) is 0.639. The van der Waals surface area contributed by atoms with E-state index in [1.807, 2.05) is 36.4 Å². The van der Waals surface area contributed by atoms with Crippen LogP contribution in [0.15, 0.2) is 78.9 Å². The van der Waals surface area contributed by atoms with Crippen molar-refractivity contribution < 1.29 is 23.4 Å². The summed E-state index contributed by atoms with van der Waals surface area (Å²) in [6, 6.07) is 22.2. The van der Waals surface area contributed by atoms with E-state index < -0.39 is 23.5 Å². The Labute approximate surface area is 179 Å². The smallest absolute Gasteiger partial charge is 0.354 e. The number of hydrogen-bond donors (Lipinski definition) is 1. The zero-order valence-corrected chi connectivity index (χ0v) is 17.3. The van der Waals surface area contributed by atoms with Gasteiger partial charge in [0.25, 0.3) is 5.91 Å². The van der Waals surface area contributed by atoms with Gasteiger partial charge in [-0.25, -0.2) is 0 Å². The van der Waals surface area contributed by atoms with Crippen molar-refractivity contribution in [2.24, 2.45) is 0 Å². The Balaban J connectivity index is 1.76. The van der Waals surface area contributed by atoms with Gasteiger partial charge in [0, 0.05) is 6.54 Å². The number of carbonyl (C=O) groups excluding carboxylic acids is 1. The van der Waals surface area contributed by atoms with Gasteiger partial charge in [0.2, 0.25) is 0 Å². The molecular weight excluding hydrogens is 400 g/mol. The fourth-order valence-corrected chi connectivity index (χ4v) is 4.10. The van der Waals surface area contributed by atoms with Gasteiger partial charge in [-0.1, -0.05) is 60.7 Å². The first-order valence-corrected chi connectivity index (χ1v) is 9.95. The van der Waals surface area contributed by atoms with Crippen molar-refractivity contribution in [3.63, 3.8) is 0 Å². The van der Waals surface area contributed by atoms with Gasteiger partial charge in [0.05, 0.1) is 13.2 Å². The maximum atomic E-state index is 14.9. The predicted molar refractivity (Wildman–Crippen MR) is 114 cm³/mol. The lowest BCUT2D eigenvalue weighted by Crippen LogP contribution is -2.47.